The predicted octanol–water partition coefficient (Wildman–Crippen LogP) is 2.71. The molecule has 2 heterocycles. The molecule has 0 saturated heterocycles. The van der Waals surface area contributed by atoms with Crippen molar-refractivity contribution in [2.24, 2.45) is 5.10 Å². The van der Waals surface area contributed by atoms with Crippen LogP contribution in [0.2, 0.25) is 15.2 Å². The van der Waals surface area contributed by atoms with Crippen molar-refractivity contribution in [2.45, 2.75) is 6.92 Å². The highest BCUT2D eigenvalue weighted by Crippen LogP contribution is 2.31. The first-order valence-electron chi connectivity index (χ1n) is 5.65. The minimum Gasteiger partial charge on any atom is -0.460 e. The van der Waals surface area contributed by atoms with Crippen LogP contribution in [0.4, 0.5) is 5.69 Å². The summed E-state index contributed by atoms with van der Waals surface area (Å²) in [5, 5.41) is 3.76. The number of nitrogens with zero attached hydrogens (tertiary/aromatic N) is 1. The molecule has 0 fully saturated rings. The van der Waals surface area contributed by atoms with Gasteiger partial charge in [-0.2, -0.15) is 10.1 Å². The molecule has 2 rings (SSSR count). The Labute approximate surface area is 134 Å². The number of furan rings is 1. The molecular weight excluding hydrogens is 339 g/mol. The van der Waals surface area contributed by atoms with E-state index in [-0.39, 0.29) is 26.6 Å². The zero-order chi connectivity index (χ0) is 15.6. The summed E-state index contributed by atoms with van der Waals surface area (Å²) >= 11 is 17.5. The van der Waals surface area contributed by atoms with Gasteiger partial charge in [-0.05, 0) is 30.7 Å². The van der Waals surface area contributed by atoms with E-state index in [1.54, 1.807) is 19.1 Å². The Hall–Kier alpha value is -1.76. The second kappa shape index (κ2) is 6.34. The van der Waals surface area contributed by atoms with Crippen LogP contribution in [0, 0.1) is 6.92 Å². The largest absolute Gasteiger partial charge is 0.460 e. The molecule has 2 aromatic rings. The Bertz CT molecular complexity index is 728. The van der Waals surface area contributed by atoms with Gasteiger partial charge < -0.3 is 10.2 Å². The number of nitrogens with one attached hydrogen (secondary N) is 2. The van der Waals surface area contributed by atoms with Gasteiger partial charge in [0.25, 0.3) is 10.8 Å². The van der Waals surface area contributed by atoms with Crippen LogP contribution in [0.15, 0.2) is 21.7 Å². The van der Waals surface area contributed by atoms with Crippen molar-refractivity contribution in [3.63, 3.8) is 0 Å². The summed E-state index contributed by atoms with van der Waals surface area (Å²) in [6, 6.07) is 3.48. The number of pyridine rings is 1. The Kier molecular flexibility index (Phi) is 4.72. The number of rotatable bonds is 3. The molecule has 0 aliphatic carbocycles. The maximum Gasteiger partial charge on any atom is 0.337 e. The molecule has 0 bridgehead atoms. The highest BCUT2D eigenvalue weighted by Gasteiger charge is 2.25. The summed E-state index contributed by atoms with van der Waals surface area (Å²) in [6.07, 6.45) is 1.35. The summed E-state index contributed by atoms with van der Waals surface area (Å²) < 4.78 is 5.26. The third-order valence-corrected chi connectivity index (χ3v) is 3.63. The smallest absolute Gasteiger partial charge is 0.337 e. The minimum absolute atomic E-state index is 0.00866. The van der Waals surface area contributed by atoms with Gasteiger partial charge in [0.15, 0.2) is 0 Å². The number of hydrogen-bond donors (Lipinski definition) is 2. The highest BCUT2D eigenvalue weighted by atomic mass is 35.5. The van der Waals surface area contributed by atoms with Crippen LogP contribution in [-0.2, 0) is 0 Å². The first kappa shape index (κ1) is 15.6. The summed E-state index contributed by atoms with van der Waals surface area (Å²) in [7, 11) is 0. The fourth-order valence-corrected chi connectivity index (χ4v) is 2.07. The molecule has 0 saturated carbocycles. The summed E-state index contributed by atoms with van der Waals surface area (Å²) in [5.74, 6) is 0.609. The van der Waals surface area contributed by atoms with E-state index >= 15 is 0 Å². The van der Waals surface area contributed by atoms with Crippen molar-refractivity contribution < 1.29 is 14.2 Å². The van der Waals surface area contributed by atoms with Gasteiger partial charge in [-0.15, -0.1) is 0 Å². The Morgan fingerprint density at radius 2 is 2.10 bits per heavy atom. The van der Waals surface area contributed by atoms with E-state index < -0.39 is 5.91 Å². The molecule has 0 radical (unpaired) electrons. The Morgan fingerprint density at radius 1 is 1.38 bits per heavy atom. The number of aryl methyl sites for hydroxylation is 1. The molecule has 110 valence electrons. The van der Waals surface area contributed by atoms with Gasteiger partial charge in [0, 0.05) is 0 Å². The SMILES string of the molecule is Cc1ccc(/C=N\NC(=O)c2[nH+]c(Cl)c(Cl)c(N)c2Cl)o1. The van der Waals surface area contributed by atoms with Crippen LogP contribution < -0.4 is 16.1 Å². The van der Waals surface area contributed by atoms with Gasteiger partial charge in [-0.25, -0.2) is 5.43 Å². The number of amides is 1. The number of hydrazone groups is 1. The van der Waals surface area contributed by atoms with Gasteiger partial charge in [0.2, 0.25) is 0 Å². The second-order valence-corrected chi connectivity index (χ2v) is 5.14. The molecule has 0 aliphatic heterocycles. The van der Waals surface area contributed by atoms with Gasteiger partial charge in [-0.3, -0.25) is 4.79 Å². The molecule has 0 spiro atoms. The zero-order valence-electron chi connectivity index (χ0n) is 10.7. The second-order valence-electron chi connectivity index (χ2n) is 4.00. The molecular formula is C12H10Cl3N4O2+. The monoisotopic (exact) mass is 347 g/mol. The molecule has 6 nitrogen and oxygen atoms in total. The van der Waals surface area contributed by atoms with E-state index in [1.165, 1.54) is 6.21 Å². The van der Waals surface area contributed by atoms with Gasteiger partial charge >= 0.3 is 5.91 Å². The lowest BCUT2D eigenvalue weighted by Crippen LogP contribution is -2.28. The van der Waals surface area contributed by atoms with E-state index in [2.05, 4.69) is 15.5 Å². The van der Waals surface area contributed by atoms with Crippen molar-refractivity contribution >= 4 is 52.6 Å². The Morgan fingerprint density at radius 3 is 2.71 bits per heavy atom. The average Bonchev–Trinajstić information content (AvgIpc) is 2.86. The number of nitrogen functional groups attached to an aromatic ring is 1. The number of halogens is 3. The van der Waals surface area contributed by atoms with Crippen LogP contribution in [0.25, 0.3) is 0 Å². The van der Waals surface area contributed by atoms with Crippen LogP contribution >= 0.6 is 34.8 Å². The van der Waals surface area contributed by atoms with E-state index in [4.69, 9.17) is 45.0 Å². The fourth-order valence-electron chi connectivity index (χ4n) is 1.46. The molecule has 0 aromatic carbocycles. The number of carbonyl (C=O) groups is 1. The van der Waals surface area contributed by atoms with Crippen molar-refractivity contribution in [3.05, 3.63) is 44.5 Å². The van der Waals surface area contributed by atoms with Crippen LogP contribution in [0.5, 0.6) is 0 Å². The molecule has 0 aliphatic rings. The zero-order valence-corrected chi connectivity index (χ0v) is 13.0. The lowest BCUT2D eigenvalue weighted by atomic mass is 10.3. The molecule has 0 unspecified atom stereocenters. The Balaban J connectivity index is 2.16. The van der Waals surface area contributed by atoms with Gasteiger partial charge in [0.1, 0.15) is 21.6 Å². The van der Waals surface area contributed by atoms with E-state index in [1.807, 2.05) is 0 Å². The summed E-state index contributed by atoms with van der Waals surface area (Å²) in [6.45, 7) is 1.79. The quantitative estimate of drug-likeness (QED) is 0.507. The van der Waals surface area contributed by atoms with E-state index in [9.17, 15) is 4.79 Å². The van der Waals surface area contributed by atoms with Crippen molar-refractivity contribution in [3.8, 4) is 0 Å². The number of hydrogen-bond acceptors (Lipinski definition) is 4. The summed E-state index contributed by atoms with van der Waals surface area (Å²) in [4.78, 5) is 14.5. The fraction of sp³-hybridized carbons (Fsp3) is 0.0833. The highest BCUT2D eigenvalue weighted by molar-refractivity contribution is 6.45. The molecule has 1 amide bonds. The van der Waals surface area contributed by atoms with E-state index in [0.29, 0.717) is 5.76 Å². The van der Waals surface area contributed by atoms with Crippen molar-refractivity contribution in [1.82, 2.24) is 5.43 Å². The average molecular weight is 349 g/mol. The third kappa shape index (κ3) is 3.47. The normalized spacial score (nSPS) is 11.0. The first-order valence-corrected chi connectivity index (χ1v) is 6.78. The lowest BCUT2D eigenvalue weighted by Gasteiger charge is -2.02. The predicted molar refractivity (Wildman–Crippen MR) is 80.9 cm³/mol. The molecule has 9 heteroatoms. The van der Waals surface area contributed by atoms with Gasteiger partial charge in [-0.1, -0.05) is 23.2 Å². The molecule has 4 N–H and O–H groups in total. The standard InChI is InChI=1S/C12H9Cl3N4O2/c1-5-2-3-6(21-5)4-17-19-12(20)10-7(13)9(16)8(14)11(15)18-10/h2-4H,1H3,(H2,16,18)(H,19,20)/p+1/b17-4-. The van der Waals surface area contributed by atoms with Crippen LogP contribution in [0.3, 0.4) is 0 Å². The number of aromatic nitrogens is 1. The topological polar surface area (TPSA) is 94.8 Å². The molecule has 2 aromatic heterocycles. The summed E-state index contributed by atoms with van der Waals surface area (Å²) in [5.41, 5.74) is 7.88. The number of H-pyrrole nitrogens is 1. The number of aromatic amines is 1. The molecule has 0 atom stereocenters. The first-order chi connectivity index (χ1) is 9.90. The number of nitrogens with two attached hydrogens (primary N) is 1. The van der Waals surface area contributed by atoms with Crippen LogP contribution in [0.1, 0.15) is 22.0 Å². The number of carbonyl (C=O) groups excluding carboxylic acids is 1. The van der Waals surface area contributed by atoms with Crippen molar-refractivity contribution in [1.29, 1.82) is 0 Å². The maximum atomic E-state index is 11.9. The molecule has 21 heavy (non-hydrogen) atoms. The maximum absolute atomic E-state index is 11.9. The minimum atomic E-state index is -0.621. The van der Waals surface area contributed by atoms with Gasteiger partial charge in [0.05, 0.1) is 11.9 Å². The van der Waals surface area contributed by atoms with E-state index in [0.717, 1.165) is 5.76 Å². The third-order valence-electron chi connectivity index (χ3n) is 2.47. The lowest BCUT2D eigenvalue weighted by molar-refractivity contribution is -0.379. The van der Waals surface area contributed by atoms with Crippen molar-refractivity contribution in [2.75, 3.05) is 5.73 Å². The number of anilines is 1. The van der Waals surface area contributed by atoms with Crippen LogP contribution in [-0.4, -0.2) is 12.1 Å².